The summed E-state index contributed by atoms with van der Waals surface area (Å²) in [6.07, 6.45) is -3.88. The Morgan fingerprint density at radius 2 is 2.12 bits per heavy atom. The van der Waals surface area contributed by atoms with Crippen LogP contribution in [0.4, 0.5) is 13.2 Å². The fourth-order valence-electron chi connectivity index (χ4n) is 1.40. The Labute approximate surface area is 98.6 Å². The first-order valence-corrected chi connectivity index (χ1v) is 5.51. The summed E-state index contributed by atoms with van der Waals surface area (Å²) in [5.74, 6) is 0. The molecule has 0 saturated carbocycles. The third kappa shape index (κ3) is 2.45. The van der Waals surface area contributed by atoms with Crippen molar-refractivity contribution in [3.05, 3.63) is 46.2 Å². The van der Waals surface area contributed by atoms with E-state index in [-0.39, 0.29) is 11.3 Å². The molecule has 90 valence electrons. The van der Waals surface area contributed by atoms with Gasteiger partial charge in [-0.05, 0) is 6.07 Å². The van der Waals surface area contributed by atoms with Gasteiger partial charge in [-0.25, -0.2) is 4.98 Å². The lowest BCUT2D eigenvalue weighted by Gasteiger charge is -2.15. The van der Waals surface area contributed by atoms with Gasteiger partial charge in [0.15, 0.2) is 0 Å². The highest BCUT2D eigenvalue weighted by Crippen LogP contribution is 2.35. The minimum atomic E-state index is -4.52. The monoisotopic (exact) mass is 260 g/mol. The third-order valence-electron chi connectivity index (χ3n) is 2.18. The van der Waals surface area contributed by atoms with Gasteiger partial charge >= 0.3 is 6.18 Å². The van der Waals surface area contributed by atoms with Gasteiger partial charge in [0.1, 0.15) is 6.10 Å². The van der Waals surface area contributed by atoms with E-state index in [1.807, 2.05) is 0 Å². The van der Waals surface area contributed by atoms with E-state index in [0.29, 0.717) is 0 Å². The van der Waals surface area contributed by atoms with E-state index in [4.69, 9.17) is 0 Å². The van der Waals surface area contributed by atoms with Crippen molar-refractivity contribution in [2.24, 2.45) is 0 Å². The second kappa shape index (κ2) is 4.42. The van der Waals surface area contributed by atoms with Gasteiger partial charge in [0.25, 0.3) is 0 Å². The second-order valence-electron chi connectivity index (χ2n) is 3.28. The van der Waals surface area contributed by atoms with E-state index in [1.165, 1.54) is 22.2 Å². The molecule has 0 spiro atoms. The van der Waals surface area contributed by atoms with Crippen molar-refractivity contribution in [2.45, 2.75) is 12.3 Å². The van der Waals surface area contributed by atoms with E-state index in [1.54, 1.807) is 0 Å². The van der Waals surface area contributed by atoms with Crippen molar-refractivity contribution < 1.29 is 18.3 Å². The lowest BCUT2D eigenvalue weighted by atomic mass is 10.0. The molecule has 0 aliphatic rings. The number of pyridine rings is 1. The zero-order valence-corrected chi connectivity index (χ0v) is 9.16. The number of rotatable bonds is 2. The zero-order valence-electron chi connectivity index (χ0n) is 8.35. The molecule has 2 aromatic rings. The van der Waals surface area contributed by atoms with E-state index in [9.17, 15) is 18.3 Å². The maximum Gasteiger partial charge on any atom is 0.416 e. The minimum absolute atomic E-state index is 0.188. The van der Waals surface area contributed by atoms with Gasteiger partial charge in [0, 0.05) is 23.3 Å². The Balaban J connectivity index is 2.46. The van der Waals surface area contributed by atoms with E-state index in [2.05, 4.69) is 9.97 Å². The largest absolute Gasteiger partial charge is 0.416 e. The highest BCUT2D eigenvalue weighted by atomic mass is 32.1. The molecule has 0 amide bonds. The second-order valence-corrected chi connectivity index (χ2v) is 4.00. The van der Waals surface area contributed by atoms with Crippen molar-refractivity contribution in [1.29, 1.82) is 0 Å². The Bertz CT molecular complexity index is 499. The van der Waals surface area contributed by atoms with Crippen LogP contribution in [0.1, 0.15) is 22.9 Å². The molecule has 3 nitrogen and oxygen atoms in total. The van der Waals surface area contributed by atoms with Gasteiger partial charge < -0.3 is 5.11 Å². The standard InChI is InChI=1S/C10H7F3N2OS/c11-10(12,13)7-1-2-14-3-6(7)9(16)8-4-17-5-15-8/h1-5,9,16H. The summed E-state index contributed by atoms with van der Waals surface area (Å²) >= 11 is 1.20. The van der Waals surface area contributed by atoms with Crippen LogP contribution in [0.25, 0.3) is 0 Å². The molecule has 0 radical (unpaired) electrons. The van der Waals surface area contributed by atoms with Crippen LogP contribution in [0.2, 0.25) is 0 Å². The molecule has 0 fully saturated rings. The number of nitrogens with zero attached hydrogens (tertiary/aromatic N) is 2. The molecule has 2 aromatic heterocycles. The average Bonchev–Trinajstić information content (AvgIpc) is 2.80. The predicted octanol–water partition coefficient (Wildman–Crippen LogP) is 2.64. The molecule has 7 heteroatoms. The number of hydrogen-bond donors (Lipinski definition) is 1. The first-order valence-electron chi connectivity index (χ1n) is 4.57. The molecular weight excluding hydrogens is 253 g/mol. The smallest absolute Gasteiger partial charge is 0.382 e. The molecule has 1 N–H and O–H groups in total. The van der Waals surface area contributed by atoms with E-state index >= 15 is 0 Å². The molecule has 1 atom stereocenters. The van der Waals surface area contributed by atoms with E-state index < -0.39 is 17.8 Å². The third-order valence-corrected chi connectivity index (χ3v) is 2.79. The minimum Gasteiger partial charge on any atom is -0.382 e. The maximum atomic E-state index is 12.7. The molecule has 0 aliphatic carbocycles. The van der Waals surface area contributed by atoms with Crippen LogP contribution in [-0.4, -0.2) is 15.1 Å². The van der Waals surface area contributed by atoms with E-state index in [0.717, 1.165) is 18.5 Å². The Morgan fingerprint density at radius 3 is 2.71 bits per heavy atom. The van der Waals surface area contributed by atoms with Crippen molar-refractivity contribution in [2.75, 3.05) is 0 Å². The number of hydrogen-bond acceptors (Lipinski definition) is 4. The number of aliphatic hydroxyl groups excluding tert-OH is 1. The number of aliphatic hydroxyl groups is 1. The van der Waals surface area contributed by atoms with Crippen molar-refractivity contribution >= 4 is 11.3 Å². The van der Waals surface area contributed by atoms with Crippen molar-refractivity contribution in [3.63, 3.8) is 0 Å². The van der Waals surface area contributed by atoms with Gasteiger partial charge in [0.05, 0.1) is 16.8 Å². The summed E-state index contributed by atoms with van der Waals surface area (Å²) < 4.78 is 38.1. The first kappa shape index (κ1) is 12.0. The van der Waals surface area contributed by atoms with Crippen LogP contribution < -0.4 is 0 Å². The Hall–Kier alpha value is -1.47. The predicted molar refractivity (Wildman–Crippen MR) is 55.4 cm³/mol. The quantitative estimate of drug-likeness (QED) is 0.902. The first-order chi connectivity index (χ1) is 8.00. The zero-order chi connectivity index (χ0) is 12.5. The van der Waals surface area contributed by atoms with Crippen LogP contribution >= 0.6 is 11.3 Å². The molecule has 0 aliphatic heterocycles. The fraction of sp³-hybridized carbons (Fsp3) is 0.200. The number of thiazole rings is 1. The Kier molecular flexibility index (Phi) is 3.12. The average molecular weight is 260 g/mol. The number of halogens is 3. The van der Waals surface area contributed by atoms with Gasteiger partial charge in [0.2, 0.25) is 0 Å². The fourth-order valence-corrected chi connectivity index (χ4v) is 1.97. The van der Waals surface area contributed by atoms with Crippen LogP contribution in [0, 0.1) is 0 Å². The van der Waals surface area contributed by atoms with Crippen LogP contribution in [0.5, 0.6) is 0 Å². The van der Waals surface area contributed by atoms with Gasteiger partial charge in [-0.1, -0.05) is 0 Å². The SMILES string of the molecule is OC(c1cscn1)c1cnccc1C(F)(F)F. The highest BCUT2D eigenvalue weighted by Gasteiger charge is 2.35. The summed E-state index contributed by atoms with van der Waals surface area (Å²) in [5.41, 5.74) is 0.453. The molecule has 0 bridgehead atoms. The lowest BCUT2D eigenvalue weighted by Crippen LogP contribution is -2.13. The normalized spacial score (nSPS) is 13.6. The highest BCUT2D eigenvalue weighted by molar-refractivity contribution is 7.07. The molecule has 2 heterocycles. The van der Waals surface area contributed by atoms with Gasteiger partial charge in [-0.3, -0.25) is 4.98 Å². The maximum absolute atomic E-state index is 12.7. The molecule has 1 unspecified atom stereocenters. The van der Waals surface area contributed by atoms with Crippen LogP contribution in [-0.2, 0) is 6.18 Å². The number of aromatic nitrogens is 2. The summed E-state index contributed by atoms with van der Waals surface area (Å²) in [4.78, 5) is 7.39. The molecule has 17 heavy (non-hydrogen) atoms. The molecule has 0 saturated heterocycles. The van der Waals surface area contributed by atoms with Gasteiger partial charge in [-0.15, -0.1) is 11.3 Å². The van der Waals surface area contributed by atoms with Crippen LogP contribution in [0.3, 0.4) is 0 Å². The molecule has 0 aromatic carbocycles. The summed E-state index contributed by atoms with van der Waals surface area (Å²) in [7, 11) is 0. The molecular formula is C10H7F3N2OS. The van der Waals surface area contributed by atoms with Crippen molar-refractivity contribution in [3.8, 4) is 0 Å². The van der Waals surface area contributed by atoms with Gasteiger partial charge in [-0.2, -0.15) is 13.2 Å². The van der Waals surface area contributed by atoms with Crippen LogP contribution in [0.15, 0.2) is 29.4 Å². The summed E-state index contributed by atoms with van der Waals surface area (Å²) in [5, 5.41) is 11.3. The Morgan fingerprint density at radius 1 is 1.35 bits per heavy atom. The molecule has 2 rings (SSSR count). The topological polar surface area (TPSA) is 46.0 Å². The lowest BCUT2D eigenvalue weighted by molar-refractivity contribution is -0.139. The van der Waals surface area contributed by atoms with Crippen molar-refractivity contribution in [1.82, 2.24) is 9.97 Å². The summed E-state index contributed by atoms with van der Waals surface area (Å²) in [6, 6.07) is 0.838. The number of alkyl halides is 3. The summed E-state index contributed by atoms with van der Waals surface area (Å²) in [6.45, 7) is 0.